The molecule has 21 heavy (non-hydrogen) atoms. The van der Waals surface area contributed by atoms with E-state index in [1.807, 2.05) is 50.2 Å². The van der Waals surface area contributed by atoms with Gasteiger partial charge in [0.05, 0.1) is 18.2 Å². The summed E-state index contributed by atoms with van der Waals surface area (Å²) >= 11 is 5.83. The molecule has 2 aromatic carbocycles. The number of carbonyl (C=O) groups excluding carboxylic acids is 1. The summed E-state index contributed by atoms with van der Waals surface area (Å²) in [6, 6.07) is 14.7. The van der Waals surface area contributed by atoms with Crippen LogP contribution in [0.25, 0.3) is 0 Å². The summed E-state index contributed by atoms with van der Waals surface area (Å²) in [5, 5.41) is 3.54. The van der Waals surface area contributed by atoms with E-state index in [1.165, 1.54) is 0 Å². The van der Waals surface area contributed by atoms with Crippen molar-refractivity contribution in [2.75, 3.05) is 5.32 Å². The second-order valence-corrected chi connectivity index (χ2v) is 5.45. The maximum absolute atomic E-state index is 12.1. The Balaban J connectivity index is 2.04. The van der Waals surface area contributed by atoms with Crippen molar-refractivity contribution in [2.24, 2.45) is 0 Å². The topological polar surface area (TPSA) is 38.3 Å². The van der Waals surface area contributed by atoms with Gasteiger partial charge in [0.25, 0.3) is 0 Å². The zero-order valence-corrected chi connectivity index (χ0v) is 12.9. The molecular formula is C17H18ClNO2. The number of nitrogens with one attached hydrogen (secondary N) is 1. The lowest BCUT2D eigenvalue weighted by Gasteiger charge is -2.14. The Morgan fingerprint density at radius 2 is 1.81 bits per heavy atom. The average molecular weight is 304 g/mol. The lowest BCUT2D eigenvalue weighted by atomic mass is 10.1. The lowest BCUT2D eigenvalue weighted by molar-refractivity contribution is -0.115. The molecule has 1 amide bonds. The highest BCUT2D eigenvalue weighted by Gasteiger charge is 2.09. The van der Waals surface area contributed by atoms with Crippen molar-refractivity contribution in [3.8, 4) is 5.75 Å². The molecule has 0 aliphatic heterocycles. The summed E-state index contributed by atoms with van der Waals surface area (Å²) in [6.07, 6.45) is 0.354. The van der Waals surface area contributed by atoms with Crippen LogP contribution in [0.5, 0.6) is 5.75 Å². The van der Waals surface area contributed by atoms with E-state index in [1.54, 1.807) is 12.1 Å². The van der Waals surface area contributed by atoms with E-state index >= 15 is 0 Å². The fourth-order valence-corrected chi connectivity index (χ4v) is 2.03. The second kappa shape index (κ2) is 7.14. The smallest absolute Gasteiger partial charge is 0.228 e. The van der Waals surface area contributed by atoms with Gasteiger partial charge in [-0.1, -0.05) is 35.9 Å². The number of anilines is 1. The predicted molar refractivity (Wildman–Crippen MR) is 86.0 cm³/mol. The predicted octanol–water partition coefficient (Wildman–Crippen LogP) is 4.31. The number of rotatable bonds is 5. The van der Waals surface area contributed by atoms with Gasteiger partial charge in [-0.2, -0.15) is 0 Å². The van der Waals surface area contributed by atoms with Gasteiger partial charge in [0.15, 0.2) is 0 Å². The van der Waals surface area contributed by atoms with Gasteiger partial charge in [-0.05, 0) is 43.7 Å². The summed E-state index contributed by atoms with van der Waals surface area (Å²) < 4.78 is 5.68. The third-order valence-electron chi connectivity index (χ3n) is 2.80. The number of halogens is 1. The molecular weight excluding hydrogens is 286 g/mol. The first kappa shape index (κ1) is 15.4. The summed E-state index contributed by atoms with van der Waals surface area (Å²) in [5.74, 6) is 0.592. The lowest BCUT2D eigenvalue weighted by Crippen LogP contribution is -2.16. The zero-order chi connectivity index (χ0) is 15.2. The normalized spacial score (nSPS) is 10.5. The number of carbonyl (C=O) groups is 1. The molecule has 0 fully saturated rings. The van der Waals surface area contributed by atoms with E-state index in [4.69, 9.17) is 16.3 Å². The van der Waals surface area contributed by atoms with Crippen LogP contribution in [-0.2, 0) is 11.2 Å². The number of ether oxygens (including phenoxy) is 1. The van der Waals surface area contributed by atoms with Gasteiger partial charge in [-0.25, -0.2) is 0 Å². The van der Waals surface area contributed by atoms with Crippen LogP contribution in [0.3, 0.4) is 0 Å². The Morgan fingerprint density at radius 1 is 1.14 bits per heavy atom. The fraction of sp³-hybridized carbons (Fsp3) is 0.235. The van der Waals surface area contributed by atoms with E-state index in [-0.39, 0.29) is 12.0 Å². The van der Waals surface area contributed by atoms with Crippen LogP contribution in [0.15, 0.2) is 48.5 Å². The Bertz CT molecular complexity index is 608. The Labute approximate surface area is 129 Å². The molecule has 0 aliphatic carbocycles. The molecule has 2 rings (SSSR count). The molecule has 0 radical (unpaired) electrons. The minimum absolute atomic E-state index is 0.0549. The molecule has 0 aliphatic rings. The summed E-state index contributed by atoms with van der Waals surface area (Å²) in [7, 11) is 0. The van der Waals surface area contributed by atoms with Crippen LogP contribution in [-0.4, -0.2) is 12.0 Å². The quantitative estimate of drug-likeness (QED) is 0.894. The van der Waals surface area contributed by atoms with Crippen molar-refractivity contribution in [3.05, 3.63) is 59.1 Å². The van der Waals surface area contributed by atoms with E-state index in [9.17, 15) is 4.79 Å². The fourth-order valence-electron chi connectivity index (χ4n) is 1.91. The highest BCUT2D eigenvalue weighted by atomic mass is 35.5. The zero-order valence-electron chi connectivity index (χ0n) is 12.1. The summed E-state index contributed by atoms with van der Waals surface area (Å²) in [4.78, 5) is 12.1. The first-order valence-corrected chi connectivity index (χ1v) is 7.22. The molecule has 0 unspecified atom stereocenters. The minimum atomic E-state index is -0.0860. The third kappa shape index (κ3) is 4.80. The Morgan fingerprint density at radius 3 is 2.48 bits per heavy atom. The average Bonchev–Trinajstić information content (AvgIpc) is 2.43. The van der Waals surface area contributed by atoms with Crippen molar-refractivity contribution in [2.45, 2.75) is 26.4 Å². The molecule has 1 N–H and O–H groups in total. The van der Waals surface area contributed by atoms with Gasteiger partial charge in [0.1, 0.15) is 5.75 Å². The van der Waals surface area contributed by atoms with Gasteiger partial charge in [0.2, 0.25) is 5.91 Å². The van der Waals surface area contributed by atoms with Crippen LogP contribution in [0.2, 0.25) is 5.02 Å². The highest BCUT2D eigenvalue weighted by molar-refractivity contribution is 6.30. The Hall–Kier alpha value is -2.00. The number of hydrogen-bond donors (Lipinski definition) is 1. The van der Waals surface area contributed by atoms with E-state index in [2.05, 4.69) is 5.32 Å². The first-order chi connectivity index (χ1) is 10.0. The second-order valence-electron chi connectivity index (χ2n) is 5.01. The van der Waals surface area contributed by atoms with Crippen LogP contribution in [0.4, 0.5) is 5.69 Å². The number of hydrogen-bond acceptors (Lipinski definition) is 2. The minimum Gasteiger partial charge on any atom is -0.489 e. The van der Waals surface area contributed by atoms with Gasteiger partial charge >= 0.3 is 0 Å². The monoisotopic (exact) mass is 303 g/mol. The van der Waals surface area contributed by atoms with Gasteiger partial charge < -0.3 is 10.1 Å². The molecule has 3 nitrogen and oxygen atoms in total. The first-order valence-electron chi connectivity index (χ1n) is 6.84. The molecule has 0 bridgehead atoms. The maximum atomic E-state index is 12.1. The molecule has 0 saturated heterocycles. The number of para-hydroxylation sites is 2. The van der Waals surface area contributed by atoms with Gasteiger partial charge in [-0.3, -0.25) is 4.79 Å². The molecule has 0 aromatic heterocycles. The van der Waals surface area contributed by atoms with Crippen LogP contribution < -0.4 is 10.1 Å². The molecule has 0 atom stereocenters. The van der Waals surface area contributed by atoms with E-state index in [0.29, 0.717) is 22.9 Å². The molecule has 2 aromatic rings. The molecule has 0 heterocycles. The van der Waals surface area contributed by atoms with Crippen LogP contribution in [0, 0.1) is 0 Å². The highest BCUT2D eigenvalue weighted by Crippen LogP contribution is 2.25. The van der Waals surface area contributed by atoms with Gasteiger partial charge in [0, 0.05) is 5.02 Å². The van der Waals surface area contributed by atoms with Crippen LogP contribution >= 0.6 is 11.6 Å². The van der Waals surface area contributed by atoms with E-state index < -0.39 is 0 Å². The molecule has 0 saturated carbocycles. The van der Waals surface area contributed by atoms with Crippen molar-refractivity contribution in [1.82, 2.24) is 0 Å². The van der Waals surface area contributed by atoms with Crippen LogP contribution in [0.1, 0.15) is 19.4 Å². The maximum Gasteiger partial charge on any atom is 0.228 e. The van der Waals surface area contributed by atoms with E-state index in [0.717, 1.165) is 5.56 Å². The summed E-state index contributed by atoms with van der Waals surface area (Å²) in [6.45, 7) is 3.90. The SMILES string of the molecule is CC(C)Oc1ccccc1NC(=O)Cc1ccc(Cl)cc1. The third-order valence-corrected chi connectivity index (χ3v) is 3.05. The largest absolute Gasteiger partial charge is 0.489 e. The van der Waals surface area contributed by atoms with Gasteiger partial charge in [-0.15, -0.1) is 0 Å². The van der Waals surface area contributed by atoms with Crippen molar-refractivity contribution < 1.29 is 9.53 Å². The number of amides is 1. The number of benzene rings is 2. The van der Waals surface area contributed by atoms with Crippen molar-refractivity contribution in [1.29, 1.82) is 0 Å². The summed E-state index contributed by atoms with van der Waals surface area (Å²) in [5.41, 5.74) is 1.60. The molecule has 4 heteroatoms. The Kier molecular flexibility index (Phi) is 5.23. The standard InChI is InChI=1S/C17H18ClNO2/c1-12(2)21-16-6-4-3-5-15(16)19-17(20)11-13-7-9-14(18)10-8-13/h3-10,12H,11H2,1-2H3,(H,19,20). The van der Waals surface area contributed by atoms with Crippen molar-refractivity contribution in [3.63, 3.8) is 0 Å². The molecule has 0 spiro atoms. The van der Waals surface area contributed by atoms with Crippen molar-refractivity contribution >= 4 is 23.2 Å². The molecule has 110 valence electrons.